The Bertz CT molecular complexity index is 1330. The molecule has 0 fully saturated rings. The summed E-state index contributed by atoms with van der Waals surface area (Å²) in [6.45, 7) is 4.24. The Balaban J connectivity index is 3.39. The lowest BCUT2D eigenvalue weighted by atomic mass is 10.0. The number of allylic oxidation sites excluding steroid dienone is 9. The summed E-state index contributed by atoms with van der Waals surface area (Å²) in [5, 5.41) is 23.3. The van der Waals surface area contributed by atoms with Crippen LogP contribution in [0.5, 0.6) is 0 Å². The molecule has 0 saturated heterocycles. The first kappa shape index (κ1) is 79.1. The maximum atomic E-state index is 12.6. The Morgan fingerprint density at radius 3 is 0.815 bits per heavy atom. The monoisotopic (exact) mass is 1130 g/mol. The fourth-order valence-electron chi connectivity index (χ4n) is 11.7. The number of hydrogen-bond acceptors (Lipinski definition) is 3. The molecule has 4 nitrogen and oxygen atoms in total. The highest BCUT2D eigenvalue weighted by atomic mass is 16.3. The number of unbranched alkanes of at least 4 members (excludes halogenated alkanes) is 54. The Labute approximate surface area is 508 Å². The van der Waals surface area contributed by atoms with Crippen LogP contribution in [0, 0.1) is 0 Å². The van der Waals surface area contributed by atoms with Crippen molar-refractivity contribution in [2.75, 3.05) is 6.61 Å². The van der Waals surface area contributed by atoms with E-state index in [-0.39, 0.29) is 12.5 Å². The highest BCUT2D eigenvalue weighted by Crippen LogP contribution is 2.19. The Morgan fingerprint density at radius 2 is 0.543 bits per heavy atom. The number of carbonyl (C=O) groups is 1. The zero-order chi connectivity index (χ0) is 58.4. The first-order valence-electron chi connectivity index (χ1n) is 37.0. The number of aliphatic hydroxyl groups excluding tert-OH is 2. The lowest BCUT2D eigenvalue weighted by molar-refractivity contribution is -0.123. The van der Waals surface area contributed by atoms with E-state index < -0.39 is 12.1 Å². The van der Waals surface area contributed by atoms with Crippen molar-refractivity contribution in [3.05, 3.63) is 60.8 Å². The topological polar surface area (TPSA) is 69.6 Å². The zero-order valence-electron chi connectivity index (χ0n) is 55.1. The summed E-state index contributed by atoms with van der Waals surface area (Å²) in [5.74, 6) is -0.0552. The van der Waals surface area contributed by atoms with Crippen LogP contribution in [0.3, 0.4) is 0 Å². The van der Waals surface area contributed by atoms with Crippen molar-refractivity contribution in [3.8, 4) is 0 Å². The van der Waals surface area contributed by atoms with E-state index in [1.807, 2.05) is 6.08 Å². The van der Waals surface area contributed by atoms with Crippen LogP contribution in [0.15, 0.2) is 60.8 Å². The number of hydrogen-bond donors (Lipinski definition) is 3. The Kier molecular flexibility index (Phi) is 70.6. The number of amides is 1. The second-order valence-corrected chi connectivity index (χ2v) is 25.3. The van der Waals surface area contributed by atoms with Crippen LogP contribution in [0.1, 0.15) is 406 Å². The SMILES string of the molecule is CC/C=C\C/C=C\C/C=C\C/C=C\CCCCCCCCCCCCCCCCCCCCCCCCCCCCCCC(=O)NC(CO)C(O)/C=C/CCCCCCCCCCCCCCCCCCCCCCCCCCCC. The molecule has 0 radical (unpaired) electrons. The summed E-state index contributed by atoms with van der Waals surface area (Å²) in [6, 6.07) is -0.623. The molecule has 0 heterocycles. The van der Waals surface area contributed by atoms with Crippen LogP contribution in [-0.4, -0.2) is 34.9 Å². The Hall–Kier alpha value is -1.91. The molecule has 0 aromatic heterocycles. The van der Waals surface area contributed by atoms with Gasteiger partial charge in [0.2, 0.25) is 5.91 Å². The van der Waals surface area contributed by atoms with Gasteiger partial charge < -0.3 is 15.5 Å². The molecule has 0 saturated carbocycles. The van der Waals surface area contributed by atoms with Gasteiger partial charge in [-0.25, -0.2) is 0 Å². The fourth-order valence-corrected chi connectivity index (χ4v) is 11.7. The van der Waals surface area contributed by atoms with Crippen LogP contribution in [0.4, 0.5) is 0 Å². The van der Waals surface area contributed by atoms with Crippen LogP contribution >= 0.6 is 0 Å². The summed E-state index contributed by atoms with van der Waals surface area (Å²) >= 11 is 0. The van der Waals surface area contributed by atoms with Gasteiger partial charge in [0, 0.05) is 6.42 Å². The molecule has 0 aliphatic carbocycles. The molecule has 0 rings (SSSR count). The zero-order valence-corrected chi connectivity index (χ0v) is 55.1. The minimum Gasteiger partial charge on any atom is -0.394 e. The van der Waals surface area contributed by atoms with Crippen molar-refractivity contribution in [2.45, 2.75) is 418 Å². The van der Waals surface area contributed by atoms with Crippen molar-refractivity contribution >= 4 is 5.91 Å². The van der Waals surface area contributed by atoms with E-state index in [9.17, 15) is 15.0 Å². The average molecular weight is 1130 g/mol. The standard InChI is InChI=1S/C77H145NO3/c1-3-5-7-9-11-13-15-17-19-21-23-25-27-29-31-33-34-35-36-37-38-39-40-41-42-43-44-45-47-49-51-53-55-57-59-61-63-65-67-69-71-73-77(81)78-75(74-79)76(80)72-70-68-66-64-62-60-58-56-54-52-50-48-46-32-30-28-26-24-22-20-18-16-14-12-10-8-6-4-2/h5,7,11,13,17,19,23,25,70,72,75-76,79-80H,3-4,6,8-10,12,14-16,18,20-22,24,26-69,71,73-74H2,1-2H3,(H,78,81)/b7-5-,13-11-,19-17-,25-23-,72-70+. The molecular formula is C77H145NO3. The van der Waals surface area contributed by atoms with Crippen molar-refractivity contribution in [1.29, 1.82) is 0 Å². The minimum atomic E-state index is -0.840. The van der Waals surface area contributed by atoms with Crippen LogP contribution < -0.4 is 5.32 Å². The van der Waals surface area contributed by atoms with Crippen LogP contribution in [-0.2, 0) is 4.79 Å². The first-order valence-corrected chi connectivity index (χ1v) is 37.0. The van der Waals surface area contributed by atoms with Gasteiger partial charge in [-0.1, -0.05) is 402 Å². The third-order valence-corrected chi connectivity index (χ3v) is 17.3. The van der Waals surface area contributed by atoms with Crippen molar-refractivity contribution < 1.29 is 15.0 Å². The quantitative estimate of drug-likeness (QED) is 0.0420. The van der Waals surface area contributed by atoms with Gasteiger partial charge in [0.25, 0.3) is 0 Å². The highest BCUT2D eigenvalue weighted by molar-refractivity contribution is 5.76. The van der Waals surface area contributed by atoms with E-state index in [1.165, 1.54) is 334 Å². The van der Waals surface area contributed by atoms with Gasteiger partial charge in [-0.3, -0.25) is 4.79 Å². The van der Waals surface area contributed by atoms with E-state index in [2.05, 4.69) is 67.8 Å². The Morgan fingerprint density at radius 1 is 0.309 bits per heavy atom. The van der Waals surface area contributed by atoms with E-state index in [0.29, 0.717) is 6.42 Å². The molecule has 0 aromatic rings. The van der Waals surface area contributed by atoms with Crippen LogP contribution in [0.25, 0.3) is 0 Å². The molecule has 0 aliphatic heterocycles. The molecule has 0 spiro atoms. The predicted molar refractivity (Wildman–Crippen MR) is 364 cm³/mol. The van der Waals surface area contributed by atoms with Gasteiger partial charge in [0.1, 0.15) is 0 Å². The smallest absolute Gasteiger partial charge is 0.220 e. The summed E-state index contributed by atoms with van der Waals surface area (Å²) in [5.41, 5.74) is 0. The van der Waals surface area contributed by atoms with Gasteiger partial charge in [-0.05, 0) is 57.8 Å². The lowest BCUT2D eigenvalue weighted by Gasteiger charge is -2.20. The normalized spacial score (nSPS) is 13.0. The van der Waals surface area contributed by atoms with Gasteiger partial charge in [0.05, 0.1) is 18.8 Å². The molecule has 81 heavy (non-hydrogen) atoms. The van der Waals surface area contributed by atoms with Gasteiger partial charge >= 0.3 is 0 Å². The summed E-state index contributed by atoms with van der Waals surface area (Å²) < 4.78 is 0. The summed E-state index contributed by atoms with van der Waals surface area (Å²) in [6.07, 6.45) is 103. The molecule has 2 atom stereocenters. The number of carbonyl (C=O) groups excluding carboxylic acids is 1. The molecule has 2 unspecified atom stereocenters. The summed E-state index contributed by atoms with van der Waals surface area (Å²) in [4.78, 5) is 12.6. The number of nitrogens with one attached hydrogen (secondary N) is 1. The van der Waals surface area contributed by atoms with E-state index in [1.54, 1.807) is 6.08 Å². The van der Waals surface area contributed by atoms with Gasteiger partial charge in [-0.2, -0.15) is 0 Å². The molecule has 1 amide bonds. The third kappa shape index (κ3) is 68.8. The van der Waals surface area contributed by atoms with E-state index in [4.69, 9.17) is 0 Å². The van der Waals surface area contributed by atoms with Gasteiger partial charge in [0.15, 0.2) is 0 Å². The largest absolute Gasteiger partial charge is 0.394 e. The molecule has 3 N–H and O–H groups in total. The van der Waals surface area contributed by atoms with E-state index >= 15 is 0 Å². The maximum Gasteiger partial charge on any atom is 0.220 e. The van der Waals surface area contributed by atoms with Gasteiger partial charge in [-0.15, -0.1) is 0 Å². The highest BCUT2D eigenvalue weighted by Gasteiger charge is 2.18. The number of rotatable bonds is 69. The second-order valence-electron chi connectivity index (χ2n) is 25.3. The third-order valence-electron chi connectivity index (χ3n) is 17.3. The molecule has 0 bridgehead atoms. The summed E-state index contributed by atoms with van der Waals surface area (Å²) in [7, 11) is 0. The fraction of sp³-hybridized carbons (Fsp3) is 0.857. The van der Waals surface area contributed by atoms with E-state index in [0.717, 1.165) is 51.4 Å². The second kappa shape index (κ2) is 72.3. The van der Waals surface area contributed by atoms with Crippen molar-refractivity contribution in [2.24, 2.45) is 0 Å². The number of aliphatic hydroxyl groups is 2. The first-order chi connectivity index (χ1) is 40.2. The molecule has 4 heteroatoms. The van der Waals surface area contributed by atoms with Crippen LogP contribution in [0.2, 0.25) is 0 Å². The maximum absolute atomic E-state index is 12.6. The molecule has 0 aromatic carbocycles. The predicted octanol–water partition coefficient (Wildman–Crippen LogP) is 25.4. The molecular weight excluding hydrogens is 987 g/mol. The molecule has 476 valence electrons. The van der Waals surface area contributed by atoms with Crippen molar-refractivity contribution in [1.82, 2.24) is 5.32 Å². The lowest BCUT2D eigenvalue weighted by Crippen LogP contribution is -2.45. The minimum absolute atomic E-state index is 0.0552. The molecule has 0 aliphatic rings. The average Bonchev–Trinajstić information content (AvgIpc) is 3.47. The van der Waals surface area contributed by atoms with Crippen molar-refractivity contribution in [3.63, 3.8) is 0 Å².